The van der Waals surface area contributed by atoms with Crippen molar-refractivity contribution in [2.75, 3.05) is 13.1 Å². The first-order valence-electron chi connectivity index (χ1n) is 6.98. The molecular weight excluding hydrogens is 260 g/mol. The smallest absolute Gasteiger partial charge is 0.307 e. The summed E-state index contributed by atoms with van der Waals surface area (Å²) in [5.41, 5.74) is 0.776. The molecule has 0 fully saturated rings. The van der Waals surface area contributed by atoms with E-state index in [9.17, 15) is 9.59 Å². The second-order valence-corrected chi connectivity index (χ2v) is 5.80. The third-order valence-corrected chi connectivity index (χ3v) is 4.46. The molecule has 0 aliphatic heterocycles. The third kappa shape index (κ3) is 3.93. The van der Waals surface area contributed by atoms with Crippen LogP contribution in [-0.2, 0) is 7.05 Å². The van der Waals surface area contributed by atoms with Crippen molar-refractivity contribution in [1.29, 1.82) is 0 Å². The molecule has 0 saturated heterocycles. The topological polar surface area (TPSA) is 42.3 Å². The Kier molecular flexibility index (Phi) is 6.28. The van der Waals surface area contributed by atoms with Gasteiger partial charge in [-0.05, 0) is 19.8 Å². The van der Waals surface area contributed by atoms with E-state index in [1.165, 1.54) is 0 Å². The average molecular weight is 284 g/mol. The number of carbonyl (C=O) groups excluding carboxylic acids is 1. The van der Waals surface area contributed by atoms with Gasteiger partial charge in [-0.1, -0.05) is 38.0 Å². The van der Waals surface area contributed by atoms with Crippen LogP contribution in [0.4, 0.5) is 0 Å². The van der Waals surface area contributed by atoms with Crippen LogP contribution in [0, 0.1) is 6.92 Å². The number of hydrogen-bond donors (Lipinski definition) is 0. The Labute approximate surface area is 119 Å². The average Bonchev–Trinajstić information content (AvgIpc) is 2.66. The van der Waals surface area contributed by atoms with E-state index in [1.807, 2.05) is 11.8 Å². The minimum atomic E-state index is -0.0632. The first-order valence-corrected chi connectivity index (χ1v) is 7.80. The van der Waals surface area contributed by atoms with E-state index in [-0.39, 0.29) is 10.8 Å². The number of rotatable bonds is 7. The standard InChI is InChI=1S/C14H24N2O2S/c1-5-7-9-16(10-8-6-2)13(17)12-11(3)15(4)14(18)19-12/h5-10H2,1-4H3. The molecule has 0 N–H and O–H groups in total. The van der Waals surface area contributed by atoms with Gasteiger partial charge in [0.25, 0.3) is 5.91 Å². The van der Waals surface area contributed by atoms with E-state index in [1.54, 1.807) is 11.6 Å². The summed E-state index contributed by atoms with van der Waals surface area (Å²) in [6, 6.07) is 0. The molecule has 108 valence electrons. The normalized spacial score (nSPS) is 10.7. The molecule has 19 heavy (non-hydrogen) atoms. The molecule has 5 heteroatoms. The lowest BCUT2D eigenvalue weighted by Gasteiger charge is -2.22. The largest absolute Gasteiger partial charge is 0.338 e. The van der Waals surface area contributed by atoms with Crippen molar-refractivity contribution in [2.45, 2.75) is 46.5 Å². The molecule has 0 spiro atoms. The maximum Gasteiger partial charge on any atom is 0.307 e. The van der Waals surface area contributed by atoms with Crippen molar-refractivity contribution in [3.63, 3.8) is 0 Å². The maximum atomic E-state index is 12.5. The summed E-state index contributed by atoms with van der Waals surface area (Å²) in [7, 11) is 1.72. The molecule has 1 heterocycles. The highest BCUT2D eigenvalue weighted by Gasteiger charge is 2.21. The molecule has 4 nitrogen and oxygen atoms in total. The Hall–Kier alpha value is -1.10. The monoisotopic (exact) mass is 284 g/mol. The number of aromatic nitrogens is 1. The Morgan fingerprint density at radius 3 is 2.11 bits per heavy atom. The lowest BCUT2D eigenvalue weighted by molar-refractivity contribution is 0.0754. The van der Waals surface area contributed by atoms with Gasteiger partial charge in [0.2, 0.25) is 0 Å². The molecule has 0 bridgehead atoms. The fraction of sp³-hybridized carbons (Fsp3) is 0.714. The minimum Gasteiger partial charge on any atom is -0.338 e. The minimum absolute atomic E-state index is 0.0158. The molecule has 0 atom stereocenters. The van der Waals surface area contributed by atoms with Gasteiger partial charge >= 0.3 is 4.87 Å². The second kappa shape index (κ2) is 7.48. The van der Waals surface area contributed by atoms with Gasteiger partial charge in [0, 0.05) is 25.8 Å². The summed E-state index contributed by atoms with van der Waals surface area (Å²) >= 11 is 1.06. The zero-order valence-electron chi connectivity index (χ0n) is 12.4. The van der Waals surface area contributed by atoms with Crippen LogP contribution in [0.25, 0.3) is 0 Å². The molecule has 0 radical (unpaired) electrons. The molecule has 0 aromatic carbocycles. The number of unbranched alkanes of at least 4 members (excludes halogenated alkanes) is 2. The molecule has 1 amide bonds. The molecule has 1 rings (SSSR count). The highest BCUT2D eigenvalue weighted by atomic mass is 32.1. The predicted octanol–water partition coefficient (Wildman–Crippen LogP) is 2.80. The number of nitrogens with zero attached hydrogens (tertiary/aromatic N) is 2. The molecule has 1 aromatic heterocycles. The number of thiazole rings is 1. The van der Waals surface area contributed by atoms with Crippen molar-refractivity contribution in [1.82, 2.24) is 9.47 Å². The molecule has 0 aliphatic rings. The van der Waals surface area contributed by atoms with Gasteiger partial charge in [0.1, 0.15) is 4.88 Å². The first kappa shape index (κ1) is 16.0. The van der Waals surface area contributed by atoms with Gasteiger partial charge in [-0.3, -0.25) is 9.59 Å². The van der Waals surface area contributed by atoms with Crippen LogP contribution in [0.3, 0.4) is 0 Å². The zero-order valence-corrected chi connectivity index (χ0v) is 13.2. The molecule has 1 aromatic rings. The van der Waals surface area contributed by atoms with Crippen LogP contribution in [0.2, 0.25) is 0 Å². The lowest BCUT2D eigenvalue weighted by atomic mass is 10.2. The van der Waals surface area contributed by atoms with Crippen molar-refractivity contribution in [2.24, 2.45) is 7.05 Å². The van der Waals surface area contributed by atoms with Gasteiger partial charge in [-0.25, -0.2) is 0 Å². The molecule has 0 saturated carbocycles. The van der Waals surface area contributed by atoms with E-state index in [2.05, 4.69) is 13.8 Å². The highest BCUT2D eigenvalue weighted by Crippen LogP contribution is 2.15. The van der Waals surface area contributed by atoms with Gasteiger partial charge in [-0.15, -0.1) is 0 Å². The third-order valence-electron chi connectivity index (χ3n) is 3.34. The summed E-state index contributed by atoms with van der Waals surface area (Å²) in [5, 5.41) is 0. The van der Waals surface area contributed by atoms with E-state index < -0.39 is 0 Å². The molecular formula is C14H24N2O2S. The van der Waals surface area contributed by atoms with Gasteiger partial charge < -0.3 is 9.47 Å². The second-order valence-electron chi connectivity index (χ2n) is 4.84. The summed E-state index contributed by atoms with van der Waals surface area (Å²) in [4.78, 5) is 26.6. The Morgan fingerprint density at radius 1 is 1.21 bits per heavy atom. The quantitative estimate of drug-likeness (QED) is 0.772. The number of carbonyl (C=O) groups is 1. The van der Waals surface area contributed by atoms with Crippen molar-refractivity contribution < 1.29 is 4.79 Å². The van der Waals surface area contributed by atoms with Crippen LogP contribution >= 0.6 is 11.3 Å². The van der Waals surface area contributed by atoms with E-state index in [4.69, 9.17) is 0 Å². The van der Waals surface area contributed by atoms with Crippen LogP contribution in [-0.4, -0.2) is 28.5 Å². The predicted molar refractivity (Wildman–Crippen MR) is 80.0 cm³/mol. The van der Waals surface area contributed by atoms with Crippen molar-refractivity contribution >= 4 is 17.2 Å². The van der Waals surface area contributed by atoms with Crippen LogP contribution in [0.5, 0.6) is 0 Å². The Bertz CT molecular complexity index is 468. The van der Waals surface area contributed by atoms with E-state index >= 15 is 0 Å². The zero-order chi connectivity index (χ0) is 14.4. The Morgan fingerprint density at radius 2 is 1.74 bits per heavy atom. The Balaban J connectivity index is 2.90. The molecule has 0 aliphatic carbocycles. The number of amides is 1. The van der Waals surface area contributed by atoms with Crippen LogP contribution < -0.4 is 4.87 Å². The lowest BCUT2D eigenvalue weighted by Crippen LogP contribution is -2.33. The number of hydrogen-bond acceptors (Lipinski definition) is 3. The summed E-state index contributed by atoms with van der Waals surface area (Å²) in [6.07, 6.45) is 4.16. The van der Waals surface area contributed by atoms with Gasteiger partial charge in [0.05, 0.1) is 0 Å². The first-order chi connectivity index (χ1) is 9.02. The van der Waals surface area contributed by atoms with Gasteiger partial charge in [-0.2, -0.15) is 0 Å². The van der Waals surface area contributed by atoms with Crippen LogP contribution in [0.15, 0.2) is 4.79 Å². The van der Waals surface area contributed by atoms with E-state index in [0.717, 1.165) is 55.8 Å². The fourth-order valence-corrected chi connectivity index (χ4v) is 2.82. The van der Waals surface area contributed by atoms with E-state index in [0.29, 0.717) is 4.88 Å². The summed E-state index contributed by atoms with van der Waals surface area (Å²) < 4.78 is 1.55. The highest BCUT2D eigenvalue weighted by molar-refractivity contribution is 7.11. The summed E-state index contributed by atoms with van der Waals surface area (Å²) in [6.45, 7) is 7.64. The fourth-order valence-electron chi connectivity index (χ4n) is 1.87. The SMILES string of the molecule is CCCCN(CCCC)C(=O)c1sc(=O)n(C)c1C. The van der Waals surface area contributed by atoms with Crippen molar-refractivity contribution in [3.8, 4) is 0 Å². The van der Waals surface area contributed by atoms with Crippen molar-refractivity contribution in [3.05, 3.63) is 20.2 Å². The van der Waals surface area contributed by atoms with Crippen LogP contribution in [0.1, 0.15) is 54.9 Å². The molecule has 0 unspecified atom stereocenters. The van der Waals surface area contributed by atoms with Gasteiger partial charge in [0.15, 0.2) is 0 Å². The maximum absolute atomic E-state index is 12.5. The summed E-state index contributed by atoms with van der Waals surface area (Å²) in [5.74, 6) is 0.0158.